The minimum Gasteiger partial charge on any atom is -0.199 e. The number of nitrogens with zero attached hydrogens (tertiary/aromatic N) is 1. The van der Waals surface area contributed by atoms with E-state index >= 15 is 0 Å². The van der Waals surface area contributed by atoms with E-state index in [1.807, 2.05) is 31.6 Å². The maximum absolute atomic E-state index is 5.54. The van der Waals surface area contributed by atoms with Crippen molar-refractivity contribution in [3.63, 3.8) is 0 Å². The molecule has 1 aliphatic rings. The van der Waals surface area contributed by atoms with E-state index in [4.69, 9.17) is 5.84 Å². The molecule has 0 saturated carbocycles. The van der Waals surface area contributed by atoms with E-state index in [2.05, 4.69) is 0 Å². The number of quaternary nitrogens is 1. The number of hydrogen-bond donors (Lipinski definition) is 1. The Hall–Kier alpha value is -0.600. The Kier molecular flexibility index (Phi) is 0.770. The number of nitrogens with two attached hydrogens (primary N) is 1. The van der Waals surface area contributed by atoms with Gasteiger partial charge in [0.05, 0.1) is 7.05 Å². The van der Waals surface area contributed by atoms with Gasteiger partial charge in [0.1, 0.15) is 12.4 Å². The van der Waals surface area contributed by atoms with Gasteiger partial charge in [-0.15, -0.1) is 0 Å². The van der Waals surface area contributed by atoms with Crippen molar-refractivity contribution in [2.24, 2.45) is 5.84 Å². The number of allylic oxidation sites excluding steroid dienone is 2. The zero-order valence-electron chi connectivity index (χ0n) is 4.33. The van der Waals surface area contributed by atoms with Crippen molar-refractivity contribution in [2.45, 2.75) is 0 Å². The molecule has 7 heavy (non-hydrogen) atoms. The third kappa shape index (κ3) is 0.885. The van der Waals surface area contributed by atoms with Crippen molar-refractivity contribution in [1.29, 1.82) is 0 Å². The van der Waals surface area contributed by atoms with E-state index in [0.717, 1.165) is 0 Å². The molecule has 0 atom stereocenters. The van der Waals surface area contributed by atoms with Crippen LogP contribution in [0.4, 0.5) is 0 Å². The van der Waals surface area contributed by atoms with Gasteiger partial charge in [0, 0.05) is 0 Å². The van der Waals surface area contributed by atoms with Crippen molar-refractivity contribution >= 4 is 0 Å². The number of hydrogen-bond acceptors (Lipinski definition) is 1. The first-order valence-corrected chi connectivity index (χ1v) is 2.22. The molecule has 0 spiro atoms. The molecule has 0 radical (unpaired) electrons. The Morgan fingerprint density at radius 1 is 1.29 bits per heavy atom. The van der Waals surface area contributed by atoms with Gasteiger partial charge in [0.15, 0.2) is 0 Å². The molecule has 1 rings (SSSR count). The lowest BCUT2D eigenvalue weighted by molar-refractivity contribution is -0.816. The molecule has 0 unspecified atom stereocenters. The highest BCUT2D eigenvalue weighted by atomic mass is 15.5. The van der Waals surface area contributed by atoms with Crippen LogP contribution in [0.3, 0.4) is 0 Å². The summed E-state index contributed by atoms with van der Waals surface area (Å²) in [6.45, 7) is 0. The molecule has 0 aliphatic carbocycles. The Morgan fingerprint density at radius 2 is 1.71 bits per heavy atom. The highest BCUT2D eigenvalue weighted by Crippen LogP contribution is 2.02. The van der Waals surface area contributed by atoms with Crippen LogP contribution >= 0.6 is 0 Å². The third-order valence-corrected chi connectivity index (χ3v) is 0.926. The highest BCUT2D eigenvalue weighted by molar-refractivity contribution is 5.02. The van der Waals surface area contributed by atoms with E-state index in [-0.39, 0.29) is 0 Å². The Balaban J connectivity index is 2.77. The van der Waals surface area contributed by atoms with E-state index in [1.165, 1.54) is 0 Å². The van der Waals surface area contributed by atoms with E-state index in [0.29, 0.717) is 4.59 Å². The van der Waals surface area contributed by atoms with Crippen LogP contribution in [0.15, 0.2) is 24.6 Å². The largest absolute Gasteiger partial charge is 0.199 e. The van der Waals surface area contributed by atoms with Crippen LogP contribution in [-0.4, -0.2) is 11.6 Å². The summed E-state index contributed by atoms with van der Waals surface area (Å²) in [4.78, 5) is 0. The van der Waals surface area contributed by atoms with Crippen molar-refractivity contribution in [2.75, 3.05) is 7.05 Å². The lowest BCUT2D eigenvalue weighted by Crippen LogP contribution is -2.37. The zero-order valence-corrected chi connectivity index (χ0v) is 4.33. The molecule has 0 aromatic carbocycles. The Labute approximate surface area is 43.1 Å². The standard InChI is InChI=1S/C5H9N2/c1-7(6)4-2-3-5-7/h2-5H,6H2,1H3/q+1. The first-order valence-electron chi connectivity index (χ1n) is 2.22. The first kappa shape index (κ1) is 4.56. The summed E-state index contributed by atoms with van der Waals surface area (Å²) in [6.07, 6.45) is 7.67. The Bertz CT molecular complexity index is 108. The molecule has 0 saturated heterocycles. The first-order chi connectivity index (χ1) is 3.21. The average molecular weight is 97.1 g/mol. The molecule has 38 valence electrons. The molecule has 0 bridgehead atoms. The predicted octanol–water partition coefficient (Wildman–Crippen LogP) is 0.348. The van der Waals surface area contributed by atoms with E-state index < -0.39 is 0 Å². The predicted molar refractivity (Wildman–Crippen MR) is 28.7 cm³/mol. The van der Waals surface area contributed by atoms with Crippen molar-refractivity contribution in [1.82, 2.24) is 0 Å². The van der Waals surface area contributed by atoms with Gasteiger partial charge in [-0.05, 0) is 12.2 Å². The van der Waals surface area contributed by atoms with Gasteiger partial charge in [-0.3, -0.25) is 0 Å². The fourth-order valence-electron chi connectivity index (χ4n) is 0.520. The van der Waals surface area contributed by atoms with E-state index in [9.17, 15) is 0 Å². The monoisotopic (exact) mass is 97.1 g/mol. The summed E-state index contributed by atoms with van der Waals surface area (Å²) in [5.74, 6) is 5.54. The quantitative estimate of drug-likeness (QED) is 0.342. The second-order valence-electron chi connectivity index (χ2n) is 1.90. The molecular formula is C5H9N2+. The lowest BCUT2D eigenvalue weighted by atomic mass is 10.6. The molecule has 2 N–H and O–H groups in total. The van der Waals surface area contributed by atoms with Crippen LogP contribution in [0, 0.1) is 0 Å². The Morgan fingerprint density at radius 3 is 1.86 bits per heavy atom. The second-order valence-corrected chi connectivity index (χ2v) is 1.90. The summed E-state index contributed by atoms with van der Waals surface area (Å²) >= 11 is 0. The summed E-state index contributed by atoms with van der Waals surface area (Å²) in [7, 11) is 1.90. The molecule has 0 aromatic heterocycles. The van der Waals surface area contributed by atoms with Gasteiger partial charge in [-0.2, -0.15) is 10.4 Å². The SMILES string of the molecule is C[N+]1(N)C=CC=C1. The third-order valence-electron chi connectivity index (χ3n) is 0.926. The van der Waals surface area contributed by atoms with Gasteiger partial charge in [0.25, 0.3) is 0 Å². The smallest absolute Gasteiger partial charge is 0.120 e. The fourth-order valence-corrected chi connectivity index (χ4v) is 0.520. The molecule has 2 heteroatoms. The molecule has 0 aromatic rings. The molecular weight excluding hydrogens is 88.1 g/mol. The molecule has 2 nitrogen and oxygen atoms in total. The van der Waals surface area contributed by atoms with Crippen molar-refractivity contribution < 1.29 is 4.59 Å². The fraction of sp³-hybridized carbons (Fsp3) is 0.200. The summed E-state index contributed by atoms with van der Waals surface area (Å²) in [5, 5.41) is 0. The maximum Gasteiger partial charge on any atom is 0.120 e. The highest BCUT2D eigenvalue weighted by Gasteiger charge is 2.08. The topological polar surface area (TPSA) is 26.0 Å². The van der Waals surface area contributed by atoms with Crippen LogP contribution < -0.4 is 5.84 Å². The van der Waals surface area contributed by atoms with Crippen LogP contribution in [-0.2, 0) is 0 Å². The van der Waals surface area contributed by atoms with Gasteiger partial charge >= 0.3 is 0 Å². The van der Waals surface area contributed by atoms with Gasteiger partial charge in [-0.25, -0.2) is 0 Å². The summed E-state index contributed by atoms with van der Waals surface area (Å²) < 4.78 is 0.389. The van der Waals surface area contributed by atoms with Crippen molar-refractivity contribution in [3.05, 3.63) is 24.6 Å². The molecule has 1 aliphatic heterocycles. The van der Waals surface area contributed by atoms with Crippen LogP contribution in [0.2, 0.25) is 0 Å². The normalized spacial score (nSPS) is 23.7. The van der Waals surface area contributed by atoms with Gasteiger partial charge in [-0.1, -0.05) is 0 Å². The van der Waals surface area contributed by atoms with Gasteiger partial charge in [0.2, 0.25) is 0 Å². The van der Waals surface area contributed by atoms with Crippen LogP contribution in [0.25, 0.3) is 0 Å². The molecule has 1 heterocycles. The van der Waals surface area contributed by atoms with Crippen molar-refractivity contribution in [3.8, 4) is 0 Å². The van der Waals surface area contributed by atoms with E-state index in [1.54, 1.807) is 0 Å². The van der Waals surface area contributed by atoms with Crippen LogP contribution in [0.5, 0.6) is 0 Å². The van der Waals surface area contributed by atoms with Gasteiger partial charge < -0.3 is 0 Å². The minimum absolute atomic E-state index is 0.389. The summed E-state index contributed by atoms with van der Waals surface area (Å²) in [5.41, 5.74) is 0. The van der Waals surface area contributed by atoms with Crippen LogP contribution in [0.1, 0.15) is 0 Å². The zero-order chi connectivity index (χ0) is 5.33. The lowest BCUT2D eigenvalue weighted by Gasteiger charge is -2.12. The number of rotatable bonds is 0. The minimum atomic E-state index is 0.389. The summed E-state index contributed by atoms with van der Waals surface area (Å²) in [6, 6.07) is 0. The maximum atomic E-state index is 5.54. The second kappa shape index (κ2) is 1.18. The molecule has 0 fully saturated rings. The molecule has 0 amide bonds. The average Bonchev–Trinajstić information content (AvgIpc) is 1.84.